The quantitative estimate of drug-likeness (QED) is 0.546. The molecule has 0 aliphatic heterocycles. The molecule has 0 saturated heterocycles. The van der Waals surface area contributed by atoms with Gasteiger partial charge in [-0.3, -0.25) is 0 Å². The molecule has 0 amide bonds. The van der Waals surface area contributed by atoms with Crippen LogP contribution in [0.15, 0.2) is 30.3 Å². The lowest BCUT2D eigenvalue weighted by atomic mass is 10.2. The largest absolute Gasteiger partial charge is 0.778 e. The fraction of sp³-hybridized carbons (Fsp3) is 0.400. The first kappa shape index (κ1) is 12.4. The molecular formula is C10H14O4P-. The van der Waals surface area contributed by atoms with E-state index in [1.807, 2.05) is 6.07 Å². The topological polar surface area (TPSA) is 58.6 Å². The highest BCUT2D eigenvalue weighted by Crippen LogP contribution is 2.40. The first-order valence-corrected chi connectivity index (χ1v) is 6.34. The lowest BCUT2D eigenvalue weighted by Crippen LogP contribution is -2.10. The fourth-order valence-corrected chi connectivity index (χ4v) is 2.21. The summed E-state index contributed by atoms with van der Waals surface area (Å²) in [6.07, 6.45) is -0.0719. The highest BCUT2D eigenvalue weighted by molar-refractivity contribution is 7.50. The summed E-state index contributed by atoms with van der Waals surface area (Å²) in [7, 11) is -2.28. The molecule has 4 nitrogen and oxygen atoms in total. The number of hydrogen-bond acceptors (Lipinski definition) is 4. The van der Waals surface area contributed by atoms with Crippen molar-refractivity contribution in [3.63, 3.8) is 0 Å². The van der Waals surface area contributed by atoms with Crippen LogP contribution >= 0.6 is 7.60 Å². The summed E-state index contributed by atoms with van der Waals surface area (Å²) in [6.45, 7) is 0.352. The zero-order valence-corrected chi connectivity index (χ0v) is 9.48. The standard InChI is InChI=1S/C10H15O4P/c1-13-7-8-14-15(11,12)9-10-5-3-2-4-6-10/h2-6H,7-9H2,1H3,(H,11,12)/p-1. The zero-order valence-electron chi connectivity index (χ0n) is 8.59. The molecule has 15 heavy (non-hydrogen) atoms. The molecule has 0 fully saturated rings. The Kier molecular flexibility index (Phi) is 4.99. The average molecular weight is 229 g/mol. The summed E-state index contributed by atoms with van der Waals surface area (Å²) in [5.74, 6) is 0. The van der Waals surface area contributed by atoms with E-state index in [1.54, 1.807) is 24.3 Å². The van der Waals surface area contributed by atoms with Crippen molar-refractivity contribution in [1.29, 1.82) is 0 Å². The summed E-state index contributed by atoms with van der Waals surface area (Å²) in [5, 5.41) is 0. The van der Waals surface area contributed by atoms with Crippen molar-refractivity contribution in [3.8, 4) is 0 Å². The summed E-state index contributed by atoms with van der Waals surface area (Å²) in [4.78, 5) is 11.4. The Bertz CT molecular complexity index is 325. The monoisotopic (exact) mass is 229 g/mol. The van der Waals surface area contributed by atoms with Gasteiger partial charge in [0.1, 0.15) is 7.60 Å². The van der Waals surface area contributed by atoms with E-state index in [4.69, 9.17) is 9.26 Å². The van der Waals surface area contributed by atoms with Crippen molar-refractivity contribution < 1.29 is 18.7 Å². The van der Waals surface area contributed by atoms with E-state index in [0.717, 1.165) is 5.56 Å². The van der Waals surface area contributed by atoms with E-state index < -0.39 is 7.60 Å². The Morgan fingerprint density at radius 2 is 1.93 bits per heavy atom. The molecule has 5 heteroatoms. The number of ether oxygens (including phenoxy) is 1. The summed E-state index contributed by atoms with van der Waals surface area (Å²) in [5.41, 5.74) is 0.730. The van der Waals surface area contributed by atoms with Crippen molar-refractivity contribution in [2.75, 3.05) is 20.3 Å². The van der Waals surface area contributed by atoms with Crippen LogP contribution in [0.3, 0.4) is 0 Å². The van der Waals surface area contributed by atoms with E-state index in [-0.39, 0.29) is 19.4 Å². The van der Waals surface area contributed by atoms with Gasteiger partial charge in [-0.05, 0) is 5.56 Å². The number of rotatable bonds is 6. The van der Waals surface area contributed by atoms with Crippen molar-refractivity contribution in [2.24, 2.45) is 0 Å². The predicted octanol–water partition coefficient (Wildman–Crippen LogP) is 1.40. The molecular weight excluding hydrogens is 215 g/mol. The van der Waals surface area contributed by atoms with Crippen LogP contribution in [0.5, 0.6) is 0 Å². The van der Waals surface area contributed by atoms with E-state index in [2.05, 4.69) is 0 Å². The van der Waals surface area contributed by atoms with Crippen LogP contribution in [-0.4, -0.2) is 20.3 Å². The third-order valence-corrected chi connectivity index (χ3v) is 3.12. The SMILES string of the molecule is COCCOP(=O)([O-])Cc1ccccc1. The van der Waals surface area contributed by atoms with Crippen LogP contribution in [0.25, 0.3) is 0 Å². The summed E-state index contributed by atoms with van der Waals surface area (Å²) in [6, 6.07) is 8.94. The first-order valence-electron chi connectivity index (χ1n) is 4.61. The maximum atomic E-state index is 11.4. The summed E-state index contributed by atoms with van der Waals surface area (Å²) < 4.78 is 20.9. The van der Waals surface area contributed by atoms with Crippen molar-refractivity contribution in [3.05, 3.63) is 35.9 Å². The van der Waals surface area contributed by atoms with E-state index in [0.29, 0.717) is 0 Å². The van der Waals surface area contributed by atoms with Gasteiger partial charge in [0.15, 0.2) is 0 Å². The van der Waals surface area contributed by atoms with Gasteiger partial charge in [0.05, 0.1) is 13.2 Å². The Labute approximate surface area is 89.4 Å². The number of methoxy groups -OCH3 is 1. The van der Waals surface area contributed by atoms with Crippen LogP contribution < -0.4 is 4.89 Å². The molecule has 0 radical (unpaired) electrons. The average Bonchev–Trinajstić information content (AvgIpc) is 2.18. The maximum absolute atomic E-state index is 11.4. The molecule has 0 bridgehead atoms. The number of benzene rings is 1. The summed E-state index contributed by atoms with van der Waals surface area (Å²) >= 11 is 0. The number of hydrogen-bond donors (Lipinski definition) is 0. The van der Waals surface area contributed by atoms with Gasteiger partial charge >= 0.3 is 0 Å². The first-order chi connectivity index (χ1) is 7.14. The predicted molar refractivity (Wildman–Crippen MR) is 55.6 cm³/mol. The molecule has 0 aromatic heterocycles. The smallest absolute Gasteiger partial charge is 0.139 e. The minimum Gasteiger partial charge on any atom is -0.778 e. The molecule has 0 aliphatic rings. The third-order valence-electron chi connectivity index (χ3n) is 1.79. The third kappa shape index (κ3) is 5.09. The lowest BCUT2D eigenvalue weighted by molar-refractivity contribution is -0.200. The molecule has 84 valence electrons. The van der Waals surface area contributed by atoms with Crippen molar-refractivity contribution in [2.45, 2.75) is 6.16 Å². The van der Waals surface area contributed by atoms with Gasteiger partial charge in [0, 0.05) is 13.3 Å². The minimum atomic E-state index is -3.77. The van der Waals surface area contributed by atoms with Gasteiger partial charge in [0.25, 0.3) is 0 Å². The van der Waals surface area contributed by atoms with Gasteiger partial charge in [-0.1, -0.05) is 30.3 Å². The van der Waals surface area contributed by atoms with E-state index >= 15 is 0 Å². The van der Waals surface area contributed by atoms with E-state index in [9.17, 15) is 9.46 Å². The molecule has 0 N–H and O–H groups in total. The Balaban J connectivity index is 2.46. The second kappa shape index (κ2) is 6.03. The molecule has 1 rings (SSSR count). The molecule has 0 aliphatic carbocycles. The molecule has 1 atom stereocenters. The normalized spacial score (nSPS) is 14.8. The van der Waals surface area contributed by atoms with Crippen molar-refractivity contribution in [1.82, 2.24) is 0 Å². The van der Waals surface area contributed by atoms with Crippen LogP contribution in [0, 0.1) is 0 Å². The fourth-order valence-electron chi connectivity index (χ4n) is 1.11. The van der Waals surface area contributed by atoms with E-state index in [1.165, 1.54) is 7.11 Å². The van der Waals surface area contributed by atoms with Gasteiger partial charge in [-0.2, -0.15) is 0 Å². The second-order valence-electron chi connectivity index (χ2n) is 3.08. The zero-order chi connectivity index (χ0) is 11.1. The second-order valence-corrected chi connectivity index (χ2v) is 4.88. The highest BCUT2D eigenvalue weighted by atomic mass is 31.2. The van der Waals surface area contributed by atoms with Gasteiger partial charge in [-0.15, -0.1) is 0 Å². The molecule has 0 saturated carbocycles. The van der Waals surface area contributed by atoms with Crippen molar-refractivity contribution >= 4 is 7.60 Å². The molecule has 1 aromatic carbocycles. The molecule has 0 heterocycles. The lowest BCUT2D eigenvalue weighted by Gasteiger charge is -2.23. The molecule has 1 unspecified atom stereocenters. The van der Waals surface area contributed by atoms with Crippen LogP contribution in [0.4, 0.5) is 0 Å². The van der Waals surface area contributed by atoms with Gasteiger partial charge in [-0.25, -0.2) is 0 Å². The molecule has 1 aromatic rings. The minimum absolute atomic E-state index is 0.0719. The molecule has 0 spiro atoms. The van der Waals surface area contributed by atoms with Crippen LogP contribution in [0.1, 0.15) is 5.56 Å². The Hall–Kier alpha value is -0.670. The van der Waals surface area contributed by atoms with Gasteiger partial charge < -0.3 is 18.7 Å². The van der Waals surface area contributed by atoms with Gasteiger partial charge in [0.2, 0.25) is 0 Å². The van der Waals surface area contributed by atoms with Crippen LogP contribution in [-0.2, 0) is 20.0 Å². The maximum Gasteiger partial charge on any atom is 0.139 e. The Morgan fingerprint density at radius 3 is 2.53 bits per heavy atom. The van der Waals surface area contributed by atoms with Crippen LogP contribution in [0.2, 0.25) is 0 Å². The Morgan fingerprint density at radius 1 is 1.27 bits per heavy atom. The highest BCUT2D eigenvalue weighted by Gasteiger charge is 2.08.